The molecule has 2 amide bonds. The molecule has 24 heavy (non-hydrogen) atoms. The molecule has 0 unspecified atom stereocenters. The first-order valence-corrected chi connectivity index (χ1v) is 9.21. The van der Waals surface area contributed by atoms with Crippen LogP contribution < -0.4 is 10.6 Å². The molecule has 0 saturated heterocycles. The van der Waals surface area contributed by atoms with Gasteiger partial charge in [-0.25, -0.2) is 0 Å². The highest BCUT2D eigenvalue weighted by Crippen LogP contribution is 2.40. The van der Waals surface area contributed by atoms with Crippen LogP contribution in [0.5, 0.6) is 0 Å². The van der Waals surface area contributed by atoms with Crippen LogP contribution in [0.3, 0.4) is 0 Å². The first-order valence-electron chi connectivity index (χ1n) is 8.39. The maximum Gasteiger partial charge on any atom is 0.258 e. The summed E-state index contributed by atoms with van der Waals surface area (Å²) >= 11 is 1.56. The van der Waals surface area contributed by atoms with Gasteiger partial charge in [-0.3, -0.25) is 9.59 Å². The van der Waals surface area contributed by atoms with Crippen LogP contribution in [-0.4, -0.2) is 11.8 Å². The Balaban J connectivity index is 1.94. The van der Waals surface area contributed by atoms with E-state index < -0.39 is 0 Å². The average molecular weight is 342 g/mol. The second kappa shape index (κ2) is 7.18. The van der Waals surface area contributed by atoms with Gasteiger partial charge in [0, 0.05) is 17.0 Å². The third-order valence-corrected chi connectivity index (χ3v) is 5.51. The number of rotatable bonds is 4. The van der Waals surface area contributed by atoms with E-state index in [-0.39, 0.29) is 11.8 Å². The smallest absolute Gasteiger partial charge is 0.258 e. The average Bonchev–Trinajstić information content (AvgIpc) is 2.92. The van der Waals surface area contributed by atoms with Crippen molar-refractivity contribution in [2.45, 2.75) is 39.5 Å². The third-order valence-electron chi connectivity index (χ3n) is 4.34. The molecule has 1 heterocycles. The minimum Gasteiger partial charge on any atom is -0.322 e. The molecule has 126 valence electrons. The minimum atomic E-state index is -0.139. The highest BCUT2D eigenvalue weighted by Gasteiger charge is 2.28. The zero-order valence-corrected chi connectivity index (χ0v) is 14.8. The summed E-state index contributed by atoms with van der Waals surface area (Å²) in [5.74, 6) is 0.422. The van der Waals surface area contributed by atoms with Crippen LogP contribution in [0.4, 0.5) is 10.7 Å². The van der Waals surface area contributed by atoms with Crippen LogP contribution in [0.25, 0.3) is 0 Å². The number of amides is 2. The second-order valence-corrected chi connectivity index (χ2v) is 7.38. The molecular weight excluding hydrogens is 320 g/mol. The van der Waals surface area contributed by atoms with E-state index in [1.807, 2.05) is 37.3 Å². The van der Waals surface area contributed by atoms with Crippen LogP contribution in [0.2, 0.25) is 0 Å². The molecule has 0 fully saturated rings. The Bertz CT molecular complexity index is 752. The van der Waals surface area contributed by atoms with E-state index in [4.69, 9.17) is 0 Å². The van der Waals surface area contributed by atoms with E-state index in [0.29, 0.717) is 22.9 Å². The van der Waals surface area contributed by atoms with Gasteiger partial charge in [0.2, 0.25) is 5.91 Å². The summed E-state index contributed by atoms with van der Waals surface area (Å²) in [4.78, 5) is 26.0. The highest BCUT2D eigenvalue weighted by atomic mass is 32.1. The van der Waals surface area contributed by atoms with E-state index in [2.05, 4.69) is 17.6 Å². The number of carbonyl (C=O) groups is 2. The summed E-state index contributed by atoms with van der Waals surface area (Å²) in [6.07, 6.45) is 3.36. The lowest BCUT2D eigenvalue weighted by molar-refractivity contribution is -0.115. The molecule has 3 rings (SSSR count). The predicted octanol–water partition coefficient (Wildman–Crippen LogP) is 4.47. The van der Waals surface area contributed by atoms with Crippen molar-refractivity contribution in [2.75, 3.05) is 10.6 Å². The maximum absolute atomic E-state index is 12.9. The lowest BCUT2D eigenvalue weighted by Gasteiger charge is -2.18. The van der Waals surface area contributed by atoms with Gasteiger partial charge in [-0.1, -0.05) is 32.0 Å². The van der Waals surface area contributed by atoms with Crippen LogP contribution in [0.15, 0.2) is 30.3 Å². The summed E-state index contributed by atoms with van der Waals surface area (Å²) in [7, 11) is 0. The summed E-state index contributed by atoms with van der Waals surface area (Å²) in [5.41, 5.74) is 2.52. The molecule has 2 aromatic rings. The molecule has 1 atom stereocenters. The van der Waals surface area contributed by atoms with Crippen molar-refractivity contribution >= 4 is 33.8 Å². The number of hydrogen-bond acceptors (Lipinski definition) is 3. The van der Waals surface area contributed by atoms with Crippen LogP contribution >= 0.6 is 11.3 Å². The van der Waals surface area contributed by atoms with Gasteiger partial charge < -0.3 is 10.6 Å². The number of thiophene rings is 1. The second-order valence-electron chi connectivity index (χ2n) is 6.28. The zero-order valence-electron chi connectivity index (χ0n) is 14.0. The molecule has 2 N–H and O–H groups in total. The topological polar surface area (TPSA) is 58.2 Å². The fourth-order valence-corrected chi connectivity index (χ4v) is 4.43. The Hall–Kier alpha value is -2.14. The molecule has 1 aliphatic rings. The molecule has 4 nitrogen and oxygen atoms in total. The summed E-state index contributed by atoms with van der Waals surface area (Å²) in [6.45, 7) is 4.05. The SMILES string of the molecule is CCC(=O)Nc1sc2c(c1C(=O)Nc1ccccc1)CC[C@H](C)C2. The Morgan fingerprint density at radius 1 is 1.21 bits per heavy atom. The zero-order chi connectivity index (χ0) is 17.1. The lowest BCUT2D eigenvalue weighted by Crippen LogP contribution is -2.19. The number of fused-ring (bicyclic) bond motifs is 1. The van der Waals surface area contributed by atoms with E-state index in [0.717, 1.165) is 30.5 Å². The Morgan fingerprint density at radius 2 is 1.96 bits per heavy atom. The Morgan fingerprint density at radius 3 is 2.67 bits per heavy atom. The van der Waals surface area contributed by atoms with Crippen molar-refractivity contribution in [3.63, 3.8) is 0 Å². The lowest BCUT2D eigenvalue weighted by atomic mass is 9.88. The van der Waals surface area contributed by atoms with E-state index in [1.165, 1.54) is 4.88 Å². The number of nitrogens with one attached hydrogen (secondary N) is 2. The number of para-hydroxylation sites is 1. The largest absolute Gasteiger partial charge is 0.322 e. The third kappa shape index (κ3) is 3.51. The van der Waals surface area contributed by atoms with Crippen molar-refractivity contribution in [3.8, 4) is 0 Å². The Kier molecular flexibility index (Phi) is 5.00. The van der Waals surface area contributed by atoms with Gasteiger partial charge in [-0.2, -0.15) is 0 Å². The number of anilines is 2. The molecule has 0 aliphatic heterocycles. The van der Waals surface area contributed by atoms with E-state index in [1.54, 1.807) is 11.3 Å². The minimum absolute atomic E-state index is 0.0598. The summed E-state index contributed by atoms with van der Waals surface area (Å²) in [5, 5.41) is 6.56. The number of carbonyl (C=O) groups excluding carboxylic acids is 2. The number of benzene rings is 1. The molecule has 1 aromatic heterocycles. The maximum atomic E-state index is 12.9. The molecule has 0 radical (unpaired) electrons. The predicted molar refractivity (Wildman–Crippen MR) is 98.8 cm³/mol. The van der Waals surface area contributed by atoms with Crippen molar-refractivity contribution in [1.82, 2.24) is 0 Å². The molecular formula is C19H22N2O2S. The van der Waals surface area contributed by atoms with E-state index in [9.17, 15) is 9.59 Å². The van der Waals surface area contributed by atoms with Gasteiger partial charge in [0.15, 0.2) is 0 Å². The standard InChI is InChI=1S/C19H22N2O2S/c1-3-16(22)21-19-17(14-10-9-12(2)11-15(14)24-19)18(23)20-13-7-5-4-6-8-13/h4-8,12H,3,9-11H2,1-2H3,(H,20,23)(H,21,22)/t12-/m0/s1. The normalized spacial score (nSPS) is 16.3. The number of hydrogen-bond donors (Lipinski definition) is 2. The van der Waals surface area contributed by atoms with Gasteiger partial charge in [0.05, 0.1) is 5.56 Å². The Labute approximate surface area is 146 Å². The summed E-state index contributed by atoms with van der Waals surface area (Å²) in [6, 6.07) is 9.42. The van der Waals surface area contributed by atoms with Gasteiger partial charge in [0.25, 0.3) is 5.91 Å². The first kappa shape index (κ1) is 16.7. The molecule has 5 heteroatoms. The van der Waals surface area contributed by atoms with E-state index >= 15 is 0 Å². The van der Waals surface area contributed by atoms with Crippen molar-refractivity contribution in [3.05, 3.63) is 46.3 Å². The summed E-state index contributed by atoms with van der Waals surface area (Å²) < 4.78 is 0. The highest BCUT2D eigenvalue weighted by molar-refractivity contribution is 7.17. The molecule has 1 aliphatic carbocycles. The fourth-order valence-electron chi connectivity index (χ4n) is 3.01. The quantitative estimate of drug-likeness (QED) is 0.861. The molecule has 1 aromatic carbocycles. The van der Waals surface area contributed by atoms with Crippen molar-refractivity contribution in [2.24, 2.45) is 5.92 Å². The van der Waals surface area contributed by atoms with Gasteiger partial charge >= 0.3 is 0 Å². The van der Waals surface area contributed by atoms with Crippen molar-refractivity contribution < 1.29 is 9.59 Å². The monoisotopic (exact) mass is 342 g/mol. The van der Waals surface area contributed by atoms with Gasteiger partial charge in [0.1, 0.15) is 5.00 Å². The van der Waals surface area contributed by atoms with Gasteiger partial charge in [-0.15, -0.1) is 11.3 Å². The van der Waals surface area contributed by atoms with Crippen molar-refractivity contribution in [1.29, 1.82) is 0 Å². The molecule has 0 bridgehead atoms. The van der Waals surface area contributed by atoms with Gasteiger partial charge in [-0.05, 0) is 42.9 Å². The fraction of sp³-hybridized carbons (Fsp3) is 0.368. The van der Waals surface area contributed by atoms with Crippen LogP contribution in [-0.2, 0) is 17.6 Å². The van der Waals surface area contributed by atoms with Crippen LogP contribution in [0.1, 0.15) is 47.5 Å². The molecule has 0 spiro atoms. The van der Waals surface area contributed by atoms with Crippen LogP contribution in [0, 0.1) is 5.92 Å². The molecule has 0 saturated carbocycles. The first-order chi connectivity index (χ1) is 11.6.